The summed E-state index contributed by atoms with van der Waals surface area (Å²) in [5.74, 6) is 0.0630. The molecule has 2 rings (SSSR count). The summed E-state index contributed by atoms with van der Waals surface area (Å²) in [6, 6.07) is 8.33. The van der Waals surface area contributed by atoms with Crippen molar-refractivity contribution in [2.45, 2.75) is 44.7 Å². The van der Waals surface area contributed by atoms with Crippen molar-refractivity contribution in [2.75, 3.05) is 0 Å². The number of nitrogens with one attached hydrogen (secondary N) is 1. The highest BCUT2D eigenvalue weighted by Gasteiger charge is 2.22. The van der Waals surface area contributed by atoms with Crippen molar-refractivity contribution >= 4 is 23.2 Å². The molecule has 0 unspecified atom stereocenters. The standard InChI is InChI=1S/C14H18ClN2O/c1-10(18)16-12-6-8-14(9-7-12)17-13-4-2-11(15)3-5-13/h2-5,12,14H,6-9H2,1H3,(H,16,18)/t12-,14-. The van der Waals surface area contributed by atoms with Gasteiger partial charge >= 0.3 is 0 Å². The van der Waals surface area contributed by atoms with Crippen LogP contribution in [0.25, 0.3) is 0 Å². The molecule has 18 heavy (non-hydrogen) atoms. The minimum Gasteiger partial charge on any atom is -0.354 e. The topological polar surface area (TPSA) is 43.2 Å². The maximum Gasteiger partial charge on any atom is 0.217 e. The van der Waals surface area contributed by atoms with Crippen LogP contribution in [0.15, 0.2) is 24.3 Å². The number of carbonyl (C=O) groups is 1. The van der Waals surface area contributed by atoms with E-state index in [1.807, 2.05) is 24.3 Å². The number of halogens is 1. The number of hydrogen-bond acceptors (Lipinski definition) is 1. The van der Waals surface area contributed by atoms with E-state index < -0.39 is 0 Å². The van der Waals surface area contributed by atoms with Gasteiger partial charge in [-0.05, 0) is 49.9 Å². The first-order valence-corrected chi connectivity index (χ1v) is 6.75. The van der Waals surface area contributed by atoms with Gasteiger partial charge in [-0.25, -0.2) is 0 Å². The van der Waals surface area contributed by atoms with Gasteiger partial charge in [0.1, 0.15) is 0 Å². The molecule has 0 aliphatic heterocycles. The predicted molar refractivity (Wildman–Crippen MR) is 73.1 cm³/mol. The van der Waals surface area contributed by atoms with Gasteiger partial charge in [-0.2, -0.15) is 0 Å². The van der Waals surface area contributed by atoms with E-state index in [1.54, 1.807) is 6.92 Å². The highest BCUT2D eigenvalue weighted by Crippen LogP contribution is 2.23. The third-order valence-electron chi connectivity index (χ3n) is 3.26. The first-order chi connectivity index (χ1) is 8.63. The number of amides is 1. The SMILES string of the molecule is CC(=O)N[C@H]1CC[C@H]([N]c2ccc(Cl)cc2)CC1. The monoisotopic (exact) mass is 265 g/mol. The van der Waals surface area contributed by atoms with Crippen LogP contribution in [0.3, 0.4) is 0 Å². The number of hydrogen-bond donors (Lipinski definition) is 1. The van der Waals surface area contributed by atoms with Crippen LogP contribution in [-0.4, -0.2) is 18.0 Å². The molecule has 0 atom stereocenters. The molecule has 0 spiro atoms. The lowest BCUT2D eigenvalue weighted by molar-refractivity contribution is -0.119. The summed E-state index contributed by atoms with van der Waals surface area (Å²) in [6.45, 7) is 1.57. The molecule has 0 saturated heterocycles. The Labute approximate surface area is 113 Å². The van der Waals surface area contributed by atoms with Crippen molar-refractivity contribution in [3.05, 3.63) is 29.3 Å². The van der Waals surface area contributed by atoms with Crippen LogP contribution in [0.2, 0.25) is 5.02 Å². The van der Waals surface area contributed by atoms with Crippen molar-refractivity contribution in [1.29, 1.82) is 0 Å². The van der Waals surface area contributed by atoms with Crippen molar-refractivity contribution < 1.29 is 4.79 Å². The minimum atomic E-state index is 0.0630. The lowest BCUT2D eigenvalue weighted by atomic mass is 9.91. The third-order valence-corrected chi connectivity index (χ3v) is 3.51. The highest BCUT2D eigenvalue weighted by atomic mass is 35.5. The molecule has 1 N–H and O–H groups in total. The Morgan fingerprint density at radius 2 is 1.83 bits per heavy atom. The van der Waals surface area contributed by atoms with Crippen LogP contribution < -0.4 is 10.6 Å². The molecule has 1 aromatic rings. The molecule has 4 heteroatoms. The van der Waals surface area contributed by atoms with Gasteiger partial charge in [0, 0.05) is 18.0 Å². The van der Waals surface area contributed by atoms with E-state index in [2.05, 4.69) is 5.32 Å². The Hall–Kier alpha value is -1.22. The highest BCUT2D eigenvalue weighted by molar-refractivity contribution is 6.30. The molecule has 0 bridgehead atoms. The van der Waals surface area contributed by atoms with Gasteiger partial charge in [0.2, 0.25) is 5.91 Å². The van der Waals surface area contributed by atoms with Crippen LogP contribution in [0.1, 0.15) is 32.6 Å². The van der Waals surface area contributed by atoms with E-state index in [-0.39, 0.29) is 5.91 Å². The minimum absolute atomic E-state index is 0.0630. The van der Waals surface area contributed by atoms with Gasteiger partial charge in [-0.15, -0.1) is 0 Å². The molecule has 1 aromatic carbocycles. The van der Waals surface area contributed by atoms with E-state index in [0.717, 1.165) is 36.4 Å². The molecule has 1 aliphatic carbocycles. The van der Waals surface area contributed by atoms with Crippen molar-refractivity contribution in [3.8, 4) is 0 Å². The smallest absolute Gasteiger partial charge is 0.217 e. The second-order valence-electron chi connectivity index (χ2n) is 4.81. The summed E-state index contributed by atoms with van der Waals surface area (Å²) in [5.41, 5.74) is 0.988. The van der Waals surface area contributed by atoms with E-state index >= 15 is 0 Å². The fourth-order valence-corrected chi connectivity index (χ4v) is 2.50. The van der Waals surface area contributed by atoms with Crippen molar-refractivity contribution in [1.82, 2.24) is 10.6 Å². The Bertz CT molecular complexity index is 397. The van der Waals surface area contributed by atoms with Crippen LogP contribution in [-0.2, 0) is 4.79 Å². The number of nitrogens with zero attached hydrogens (tertiary/aromatic N) is 1. The summed E-state index contributed by atoms with van der Waals surface area (Å²) < 4.78 is 0. The molecule has 1 radical (unpaired) electrons. The van der Waals surface area contributed by atoms with Gasteiger partial charge in [-0.3, -0.25) is 10.1 Å². The zero-order valence-electron chi connectivity index (χ0n) is 10.5. The average molecular weight is 266 g/mol. The number of rotatable bonds is 3. The molecule has 1 amide bonds. The third kappa shape index (κ3) is 3.91. The number of carbonyl (C=O) groups excluding carboxylic acids is 1. The summed E-state index contributed by atoms with van der Waals surface area (Å²) >= 11 is 5.84. The quantitative estimate of drug-likeness (QED) is 0.897. The first kappa shape index (κ1) is 13.2. The van der Waals surface area contributed by atoms with Crippen molar-refractivity contribution in [2.24, 2.45) is 0 Å². The zero-order chi connectivity index (χ0) is 13.0. The summed E-state index contributed by atoms with van der Waals surface area (Å²) in [5, 5.41) is 8.42. The summed E-state index contributed by atoms with van der Waals surface area (Å²) in [6.07, 6.45) is 4.10. The molecule has 1 aliphatic rings. The zero-order valence-corrected chi connectivity index (χ0v) is 11.3. The van der Waals surface area contributed by atoms with Gasteiger partial charge < -0.3 is 5.32 Å². The second kappa shape index (κ2) is 6.10. The maximum absolute atomic E-state index is 11.0. The van der Waals surface area contributed by atoms with E-state index in [0.29, 0.717) is 12.1 Å². The van der Waals surface area contributed by atoms with Crippen LogP contribution in [0.5, 0.6) is 0 Å². The van der Waals surface area contributed by atoms with E-state index in [4.69, 9.17) is 16.9 Å². The molecule has 1 fully saturated rings. The molecule has 0 aromatic heterocycles. The molecule has 0 heterocycles. The van der Waals surface area contributed by atoms with Gasteiger partial charge in [-0.1, -0.05) is 11.6 Å². The van der Waals surface area contributed by atoms with Crippen molar-refractivity contribution in [3.63, 3.8) is 0 Å². The Morgan fingerprint density at radius 1 is 1.22 bits per heavy atom. The first-order valence-electron chi connectivity index (χ1n) is 6.37. The molecule has 1 saturated carbocycles. The Morgan fingerprint density at radius 3 is 2.39 bits per heavy atom. The Balaban J connectivity index is 1.79. The normalized spacial score (nSPS) is 23.4. The van der Waals surface area contributed by atoms with Crippen LogP contribution in [0.4, 0.5) is 5.69 Å². The average Bonchev–Trinajstić information content (AvgIpc) is 2.34. The number of benzene rings is 1. The van der Waals surface area contributed by atoms with Gasteiger partial charge in [0.05, 0.1) is 11.7 Å². The summed E-state index contributed by atoms with van der Waals surface area (Å²) in [4.78, 5) is 11.0. The van der Waals surface area contributed by atoms with E-state index in [1.165, 1.54) is 0 Å². The molecular formula is C14H18ClN2O. The van der Waals surface area contributed by atoms with Crippen LogP contribution >= 0.6 is 11.6 Å². The fourth-order valence-electron chi connectivity index (χ4n) is 2.37. The molecule has 97 valence electrons. The predicted octanol–water partition coefficient (Wildman–Crippen LogP) is 3.02. The second-order valence-corrected chi connectivity index (χ2v) is 5.25. The largest absolute Gasteiger partial charge is 0.354 e. The van der Waals surface area contributed by atoms with Crippen LogP contribution in [0, 0.1) is 0 Å². The lowest BCUT2D eigenvalue weighted by Crippen LogP contribution is -2.38. The maximum atomic E-state index is 11.0. The summed E-state index contributed by atoms with van der Waals surface area (Å²) in [7, 11) is 0. The Kier molecular flexibility index (Phi) is 4.48. The van der Waals surface area contributed by atoms with Gasteiger partial charge in [0.15, 0.2) is 0 Å². The van der Waals surface area contributed by atoms with E-state index in [9.17, 15) is 4.79 Å². The molecule has 3 nitrogen and oxygen atoms in total. The lowest BCUT2D eigenvalue weighted by Gasteiger charge is -2.28. The van der Waals surface area contributed by atoms with Gasteiger partial charge in [0.25, 0.3) is 0 Å². The fraction of sp³-hybridized carbons (Fsp3) is 0.500. The molecular weight excluding hydrogens is 248 g/mol.